The van der Waals surface area contributed by atoms with Gasteiger partial charge in [0.1, 0.15) is 17.3 Å². The van der Waals surface area contributed by atoms with Gasteiger partial charge in [-0.05, 0) is 30.7 Å². The van der Waals surface area contributed by atoms with Gasteiger partial charge in [-0.15, -0.1) is 0 Å². The summed E-state index contributed by atoms with van der Waals surface area (Å²) >= 11 is 0. The van der Waals surface area contributed by atoms with Crippen LogP contribution >= 0.6 is 0 Å². The van der Waals surface area contributed by atoms with Gasteiger partial charge < -0.3 is 15.2 Å². The molecule has 0 bridgehead atoms. The fourth-order valence-electron chi connectivity index (χ4n) is 1.96. The summed E-state index contributed by atoms with van der Waals surface area (Å²) < 4.78 is 17.8. The normalized spacial score (nSPS) is 10.4. The van der Waals surface area contributed by atoms with Gasteiger partial charge in [-0.3, -0.25) is 4.79 Å². The lowest BCUT2D eigenvalue weighted by Crippen LogP contribution is -2.15. The Morgan fingerprint density at radius 3 is 2.75 bits per heavy atom. The Kier molecular flexibility index (Phi) is 4.46. The first kappa shape index (κ1) is 15.6. The number of anilines is 2. The molecule has 2 N–H and O–H groups in total. The fourth-order valence-corrected chi connectivity index (χ4v) is 1.96. The summed E-state index contributed by atoms with van der Waals surface area (Å²) in [5.41, 5.74) is 1.06. The maximum Gasteiger partial charge on any atom is 0.275 e. The highest BCUT2D eigenvalue weighted by molar-refractivity contribution is 6.02. The van der Waals surface area contributed by atoms with Crippen LogP contribution in [0.15, 0.2) is 47.1 Å². The maximum atomic E-state index is 12.9. The highest BCUT2D eigenvalue weighted by Crippen LogP contribution is 2.10. The van der Waals surface area contributed by atoms with Crippen LogP contribution in [0.3, 0.4) is 0 Å². The summed E-state index contributed by atoms with van der Waals surface area (Å²) in [6.45, 7) is 2.14. The molecule has 0 unspecified atom stereocenters. The number of carbonyl (C=O) groups excluding carboxylic acids is 1. The molecule has 0 aliphatic heterocycles. The second-order valence-electron chi connectivity index (χ2n) is 5.02. The molecule has 1 amide bonds. The molecule has 0 spiro atoms. The fraction of sp³-hybridized carbons (Fsp3) is 0.125. The summed E-state index contributed by atoms with van der Waals surface area (Å²) in [5, 5.41) is 9.26. The van der Waals surface area contributed by atoms with Gasteiger partial charge in [0.2, 0.25) is 5.95 Å². The van der Waals surface area contributed by atoms with E-state index in [1.165, 1.54) is 24.4 Å². The van der Waals surface area contributed by atoms with Crippen LogP contribution in [0.4, 0.5) is 16.2 Å². The maximum absolute atomic E-state index is 12.9. The molecule has 2 heterocycles. The Morgan fingerprint density at radius 1 is 1.25 bits per heavy atom. The van der Waals surface area contributed by atoms with Crippen LogP contribution in [0.25, 0.3) is 0 Å². The van der Waals surface area contributed by atoms with Gasteiger partial charge in [0.05, 0.1) is 0 Å². The SMILES string of the molecule is Cc1cc(NC(=O)c2ccnc(NCc3ccc(F)cc3)n2)no1. The number of rotatable bonds is 5. The van der Waals surface area contributed by atoms with E-state index in [0.29, 0.717) is 24.1 Å². The summed E-state index contributed by atoms with van der Waals surface area (Å²) in [4.78, 5) is 20.3. The number of hydrogen-bond donors (Lipinski definition) is 2. The number of halogens is 1. The Morgan fingerprint density at radius 2 is 2.04 bits per heavy atom. The Labute approximate surface area is 136 Å². The largest absolute Gasteiger partial charge is 0.360 e. The van der Waals surface area contributed by atoms with Gasteiger partial charge >= 0.3 is 0 Å². The number of nitrogens with zero attached hydrogens (tertiary/aromatic N) is 3. The molecule has 2 aromatic heterocycles. The minimum Gasteiger partial charge on any atom is -0.360 e. The van der Waals surface area contributed by atoms with E-state index in [1.807, 2.05) is 0 Å². The molecule has 3 aromatic rings. The standard InChI is InChI=1S/C16H14FN5O2/c1-10-8-14(22-24-10)21-15(23)13-6-7-18-16(20-13)19-9-11-2-4-12(17)5-3-11/h2-8H,9H2,1H3,(H,18,19,20)(H,21,22,23). The molecule has 3 rings (SSSR count). The van der Waals surface area contributed by atoms with Crippen molar-refractivity contribution in [3.05, 3.63) is 65.4 Å². The van der Waals surface area contributed by atoms with Crippen molar-refractivity contribution < 1.29 is 13.7 Å². The van der Waals surface area contributed by atoms with Crippen LogP contribution in [0.2, 0.25) is 0 Å². The summed E-state index contributed by atoms with van der Waals surface area (Å²) in [6.07, 6.45) is 1.48. The molecule has 0 saturated carbocycles. The number of aryl methyl sites for hydroxylation is 1. The van der Waals surface area contributed by atoms with E-state index in [9.17, 15) is 9.18 Å². The molecule has 1 aromatic carbocycles. The number of nitrogens with one attached hydrogen (secondary N) is 2. The van der Waals surface area contributed by atoms with Crippen LogP contribution in [-0.4, -0.2) is 21.0 Å². The third-order valence-corrected chi connectivity index (χ3v) is 3.12. The molecule has 0 saturated heterocycles. The van der Waals surface area contributed by atoms with Crippen LogP contribution in [0, 0.1) is 12.7 Å². The van der Waals surface area contributed by atoms with E-state index in [1.54, 1.807) is 25.1 Å². The van der Waals surface area contributed by atoms with Gasteiger partial charge in [0.25, 0.3) is 5.91 Å². The first-order valence-electron chi connectivity index (χ1n) is 7.16. The van der Waals surface area contributed by atoms with Gasteiger partial charge in [0.15, 0.2) is 5.82 Å². The van der Waals surface area contributed by atoms with Gasteiger partial charge in [0, 0.05) is 18.8 Å². The quantitative estimate of drug-likeness (QED) is 0.748. The highest BCUT2D eigenvalue weighted by atomic mass is 19.1. The zero-order chi connectivity index (χ0) is 16.9. The molecule has 24 heavy (non-hydrogen) atoms. The van der Waals surface area contributed by atoms with Crippen molar-refractivity contribution in [2.75, 3.05) is 10.6 Å². The number of amides is 1. The van der Waals surface area contributed by atoms with Crippen LogP contribution < -0.4 is 10.6 Å². The van der Waals surface area contributed by atoms with Crippen molar-refractivity contribution in [3.63, 3.8) is 0 Å². The number of benzene rings is 1. The summed E-state index contributed by atoms with van der Waals surface area (Å²) in [5.74, 6) is 0.488. The third kappa shape index (κ3) is 3.92. The van der Waals surface area contributed by atoms with Crippen molar-refractivity contribution in [2.45, 2.75) is 13.5 Å². The topological polar surface area (TPSA) is 92.9 Å². The van der Waals surface area contributed by atoms with Crippen molar-refractivity contribution in [3.8, 4) is 0 Å². The molecular formula is C16H14FN5O2. The summed E-state index contributed by atoms with van der Waals surface area (Å²) in [7, 11) is 0. The molecule has 8 heteroatoms. The first-order chi connectivity index (χ1) is 11.6. The van der Waals surface area contributed by atoms with E-state index in [-0.39, 0.29) is 11.5 Å². The molecule has 0 aliphatic rings. The predicted molar refractivity (Wildman–Crippen MR) is 85.0 cm³/mol. The molecular weight excluding hydrogens is 313 g/mol. The smallest absolute Gasteiger partial charge is 0.275 e. The van der Waals surface area contributed by atoms with Crippen molar-refractivity contribution in [1.29, 1.82) is 0 Å². The van der Waals surface area contributed by atoms with E-state index < -0.39 is 5.91 Å². The molecule has 122 valence electrons. The zero-order valence-electron chi connectivity index (χ0n) is 12.8. The molecule has 0 fully saturated rings. The van der Waals surface area contributed by atoms with E-state index in [4.69, 9.17) is 4.52 Å². The average molecular weight is 327 g/mol. The molecule has 0 atom stereocenters. The van der Waals surface area contributed by atoms with Crippen molar-refractivity contribution >= 4 is 17.7 Å². The average Bonchev–Trinajstić information content (AvgIpc) is 2.99. The molecule has 7 nitrogen and oxygen atoms in total. The van der Waals surface area contributed by atoms with E-state index in [2.05, 4.69) is 25.8 Å². The van der Waals surface area contributed by atoms with Gasteiger partial charge in [-0.1, -0.05) is 17.3 Å². The van der Waals surface area contributed by atoms with Crippen molar-refractivity contribution in [2.24, 2.45) is 0 Å². The first-order valence-corrected chi connectivity index (χ1v) is 7.16. The lowest BCUT2D eigenvalue weighted by atomic mass is 10.2. The third-order valence-electron chi connectivity index (χ3n) is 3.12. The van der Waals surface area contributed by atoms with E-state index >= 15 is 0 Å². The lowest BCUT2D eigenvalue weighted by molar-refractivity contribution is 0.102. The molecule has 0 radical (unpaired) electrons. The zero-order valence-corrected chi connectivity index (χ0v) is 12.8. The van der Waals surface area contributed by atoms with Crippen LogP contribution in [0.1, 0.15) is 21.8 Å². The lowest BCUT2D eigenvalue weighted by Gasteiger charge is -2.06. The minimum atomic E-state index is -0.421. The predicted octanol–water partition coefficient (Wildman–Crippen LogP) is 2.78. The van der Waals surface area contributed by atoms with Crippen LogP contribution in [0.5, 0.6) is 0 Å². The van der Waals surface area contributed by atoms with Crippen LogP contribution in [-0.2, 0) is 6.54 Å². The van der Waals surface area contributed by atoms with Crippen molar-refractivity contribution in [1.82, 2.24) is 15.1 Å². The minimum absolute atomic E-state index is 0.187. The van der Waals surface area contributed by atoms with Gasteiger partial charge in [-0.25, -0.2) is 14.4 Å². The Hall–Kier alpha value is -3.29. The molecule has 0 aliphatic carbocycles. The van der Waals surface area contributed by atoms with Gasteiger partial charge in [-0.2, -0.15) is 0 Å². The number of aromatic nitrogens is 3. The number of carbonyl (C=O) groups is 1. The van der Waals surface area contributed by atoms with E-state index in [0.717, 1.165) is 5.56 Å². The summed E-state index contributed by atoms with van der Waals surface area (Å²) in [6, 6.07) is 9.17. The second kappa shape index (κ2) is 6.86. The second-order valence-corrected chi connectivity index (χ2v) is 5.02. The highest BCUT2D eigenvalue weighted by Gasteiger charge is 2.11. The Bertz CT molecular complexity index is 848. The monoisotopic (exact) mass is 327 g/mol. The number of hydrogen-bond acceptors (Lipinski definition) is 6. The Balaban J connectivity index is 1.64.